The summed E-state index contributed by atoms with van der Waals surface area (Å²) in [5.41, 5.74) is 7.65. The summed E-state index contributed by atoms with van der Waals surface area (Å²) in [4.78, 5) is 39.8. The first-order valence-electron chi connectivity index (χ1n) is 16.4. The molecule has 6 rings (SSSR count). The molecule has 5 aromatic carbocycles. The Balaban J connectivity index is 1.29. The van der Waals surface area contributed by atoms with E-state index in [2.05, 4.69) is 66.0 Å². The van der Waals surface area contributed by atoms with Crippen LogP contribution in [0.4, 0.5) is 0 Å². The fraction of sp³-hybridized carbons (Fsp3) is 0.214. The molecule has 0 radical (unpaired) electrons. The van der Waals surface area contributed by atoms with E-state index in [0.29, 0.717) is 0 Å². The average molecular weight is 670 g/mol. The van der Waals surface area contributed by atoms with Gasteiger partial charge in [0, 0.05) is 11.7 Å². The summed E-state index contributed by atoms with van der Waals surface area (Å²) in [7, 11) is 1.28. The lowest BCUT2D eigenvalue weighted by molar-refractivity contribution is -0.147. The van der Waals surface area contributed by atoms with Crippen molar-refractivity contribution in [3.8, 4) is 11.1 Å². The smallest absolute Gasteiger partial charge is 0.328 e. The SMILES string of the molecule is COC(=O)[C@@H](C)NC(=O)[C@H](CSC(c1ccccc1)(c1ccccc1)c1ccccc1)CC(=O)OCC1c2ccccc2-c2ccccc21. The highest BCUT2D eigenvalue weighted by Crippen LogP contribution is 2.49. The summed E-state index contributed by atoms with van der Waals surface area (Å²) in [6, 6.07) is 46.0. The van der Waals surface area contributed by atoms with E-state index in [1.807, 2.05) is 78.9 Å². The number of esters is 2. The number of methoxy groups -OCH3 is 1. The Kier molecular flexibility index (Phi) is 10.6. The normalized spacial score (nSPS) is 13.4. The van der Waals surface area contributed by atoms with Crippen LogP contribution in [-0.4, -0.2) is 43.4 Å². The Bertz CT molecular complexity index is 1750. The Morgan fingerprint density at radius 2 is 1.14 bits per heavy atom. The lowest BCUT2D eigenvalue weighted by Gasteiger charge is -2.36. The molecule has 0 heterocycles. The van der Waals surface area contributed by atoms with Crippen molar-refractivity contribution >= 4 is 29.6 Å². The van der Waals surface area contributed by atoms with Gasteiger partial charge in [0.15, 0.2) is 0 Å². The summed E-state index contributed by atoms with van der Waals surface area (Å²) < 4.78 is 10.1. The molecule has 6 nitrogen and oxygen atoms in total. The van der Waals surface area contributed by atoms with Crippen LogP contribution < -0.4 is 5.32 Å². The minimum Gasteiger partial charge on any atom is -0.467 e. The van der Waals surface area contributed by atoms with Crippen molar-refractivity contribution in [1.29, 1.82) is 0 Å². The highest BCUT2D eigenvalue weighted by atomic mass is 32.2. The van der Waals surface area contributed by atoms with E-state index in [4.69, 9.17) is 9.47 Å². The maximum atomic E-state index is 13.9. The van der Waals surface area contributed by atoms with Crippen molar-refractivity contribution in [1.82, 2.24) is 5.32 Å². The molecule has 1 amide bonds. The molecule has 0 saturated heterocycles. The van der Waals surface area contributed by atoms with Crippen molar-refractivity contribution < 1.29 is 23.9 Å². The Morgan fingerprint density at radius 3 is 1.61 bits per heavy atom. The number of ether oxygens (including phenoxy) is 2. The van der Waals surface area contributed by atoms with Gasteiger partial charge in [-0.1, -0.05) is 140 Å². The molecular formula is C42H39NO5S. The number of rotatable bonds is 13. The second kappa shape index (κ2) is 15.4. The van der Waals surface area contributed by atoms with Crippen LogP contribution in [0.15, 0.2) is 140 Å². The number of benzene rings is 5. The largest absolute Gasteiger partial charge is 0.467 e. The molecule has 0 unspecified atom stereocenters. The van der Waals surface area contributed by atoms with Gasteiger partial charge in [-0.3, -0.25) is 9.59 Å². The summed E-state index contributed by atoms with van der Waals surface area (Å²) in [6.45, 7) is 1.73. The van der Waals surface area contributed by atoms with Crippen molar-refractivity contribution in [2.45, 2.75) is 30.1 Å². The third kappa shape index (κ3) is 7.18. The molecule has 49 heavy (non-hydrogen) atoms. The van der Waals surface area contributed by atoms with Crippen LogP contribution in [-0.2, 0) is 28.6 Å². The van der Waals surface area contributed by atoms with Crippen molar-refractivity contribution in [3.05, 3.63) is 167 Å². The van der Waals surface area contributed by atoms with Gasteiger partial charge < -0.3 is 14.8 Å². The van der Waals surface area contributed by atoms with E-state index in [0.717, 1.165) is 38.9 Å². The molecule has 248 valence electrons. The van der Waals surface area contributed by atoms with E-state index < -0.39 is 34.6 Å². The average Bonchev–Trinajstić information content (AvgIpc) is 3.48. The Hall–Kier alpha value is -5.14. The van der Waals surface area contributed by atoms with E-state index in [1.165, 1.54) is 7.11 Å². The van der Waals surface area contributed by atoms with Gasteiger partial charge in [-0.25, -0.2) is 4.79 Å². The van der Waals surface area contributed by atoms with Gasteiger partial charge >= 0.3 is 11.9 Å². The number of carbonyl (C=O) groups is 3. The highest BCUT2D eigenvalue weighted by molar-refractivity contribution is 8.00. The van der Waals surface area contributed by atoms with Gasteiger partial charge in [0.05, 0.1) is 24.2 Å². The van der Waals surface area contributed by atoms with Gasteiger partial charge in [0.2, 0.25) is 5.91 Å². The third-order valence-corrected chi connectivity index (χ3v) is 10.8. The predicted molar refractivity (Wildman–Crippen MR) is 194 cm³/mol. The van der Waals surface area contributed by atoms with Crippen molar-refractivity contribution in [3.63, 3.8) is 0 Å². The summed E-state index contributed by atoms with van der Waals surface area (Å²) in [6.07, 6.45) is -0.156. The van der Waals surface area contributed by atoms with Gasteiger partial charge in [-0.2, -0.15) is 0 Å². The molecule has 2 atom stereocenters. The molecule has 7 heteroatoms. The summed E-state index contributed by atoms with van der Waals surface area (Å²) in [5.74, 6) is -2.08. The minimum absolute atomic E-state index is 0.0979. The summed E-state index contributed by atoms with van der Waals surface area (Å²) >= 11 is 1.59. The molecule has 1 aliphatic carbocycles. The fourth-order valence-electron chi connectivity index (χ4n) is 6.66. The van der Waals surface area contributed by atoms with Crippen LogP contribution in [0.3, 0.4) is 0 Å². The first-order valence-corrected chi connectivity index (χ1v) is 17.4. The lowest BCUT2D eigenvalue weighted by atomic mass is 9.84. The number of hydrogen-bond donors (Lipinski definition) is 1. The number of carbonyl (C=O) groups excluding carboxylic acids is 3. The molecular weight excluding hydrogens is 631 g/mol. The topological polar surface area (TPSA) is 81.7 Å². The predicted octanol–water partition coefficient (Wildman–Crippen LogP) is 7.75. The van der Waals surface area contributed by atoms with Gasteiger partial charge in [-0.15, -0.1) is 11.8 Å². The standard InChI is InChI=1S/C42H39NO5S/c1-29(41(46)47-2)43-40(45)30(26-39(44)48-27-38-36-24-14-12-22-34(36)35-23-13-15-25-37(35)38)28-49-42(31-16-6-3-7-17-31,32-18-8-4-9-19-32)33-20-10-5-11-21-33/h3-25,29-30,38H,26-28H2,1-2H3,(H,43,45)/t29-,30+/m1/s1. The van der Waals surface area contributed by atoms with Crippen LogP contribution in [0.5, 0.6) is 0 Å². The molecule has 1 aliphatic rings. The van der Waals surface area contributed by atoms with Gasteiger partial charge in [0.1, 0.15) is 12.6 Å². The quantitative estimate of drug-likeness (QED) is 0.102. The number of hydrogen-bond acceptors (Lipinski definition) is 6. The molecule has 0 saturated carbocycles. The van der Waals surface area contributed by atoms with Crippen molar-refractivity contribution in [2.75, 3.05) is 19.5 Å². The van der Waals surface area contributed by atoms with Crippen LogP contribution in [0, 0.1) is 5.92 Å². The van der Waals surface area contributed by atoms with E-state index in [-0.39, 0.29) is 24.7 Å². The van der Waals surface area contributed by atoms with Gasteiger partial charge in [0.25, 0.3) is 0 Å². The zero-order chi connectivity index (χ0) is 34.2. The van der Waals surface area contributed by atoms with Crippen LogP contribution in [0.1, 0.15) is 47.1 Å². The molecule has 0 bridgehead atoms. The minimum atomic E-state index is -0.880. The highest BCUT2D eigenvalue weighted by Gasteiger charge is 2.39. The number of thioether (sulfide) groups is 1. The second-order valence-electron chi connectivity index (χ2n) is 12.2. The van der Waals surface area contributed by atoms with E-state index in [9.17, 15) is 14.4 Å². The third-order valence-electron chi connectivity index (χ3n) is 9.11. The van der Waals surface area contributed by atoms with Crippen LogP contribution in [0.25, 0.3) is 11.1 Å². The van der Waals surface area contributed by atoms with Crippen LogP contribution >= 0.6 is 11.8 Å². The van der Waals surface area contributed by atoms with Gasteiger partial charge in [-0.05, 0) is 45.9 Å². The maximum Gasteiger partial charge on any atom is 0.328 e. The molecule has 0 aliphatic heterocycles. The second-order valence-corrected chi connectivity index (χ2v) is 13.4. The van der Waals surface area contributed by atoms with Crippen LogP contribution in [0.2, 0.25) is 0 Å². The molecule has 0 spiro atoms. The lowest BCUT2D eigenvalue weighted by Crippen LogP contribution is -2.44. The summed E-state index contributed by atoms with van der Waals surface area (Å²) in [5, 5.41) is 2.78. The zero-order valence-electron chi connectivity index (χ0n) is 27.6. The van der Waals surface area contributed by atoms with Crippen molar-refractivity contribution in [2.24, 2.45) is 5.92 Å². The monoisotopic (exact) mass is 669 g/mol. The Labute approximate surface area is 291 Å². The number of fused-ring (bicyclic) bond motifs is 3. The molecule has 1 N–H and O–H groups in total. The maximum absolute atomic E-state index is 13.9. The molecule has 5 aromatic rings. The van der Waals surface area contributed by atoms with E-state index >= 15 is 0 Å². The molecule has 0 aromatic heterocycles. The zero-order valence-corrected chi connectivity index (χ0v) is 28.4. The first kappa shape index (κ1) is 33.7. The molecule has 0 fully saturated rings. The number of amides is 1. The fourth-order valence-corrected chi connectivity index (χ4v) is 8.29. The Morgan fingerprint density at radius 1 is 0.694 bits per heavy atom. The van der Waals surface area contributed by atoms with E-state index in [1.54, 1.807) is 18.7 Å². The number of nitrogens with one attached hydrogen (secondary N) is 1. The first-order chi connectivity index (χ1) is 23.9.